The summed E-state index contributed by atoms with van der Waals surface area (Å²) in [4.78, 5) is 17.1. The summed E-state index contributed by atoms with van der Waals surface area (Å²) in [6.07, 6.45) is 1.07. The van der Waals surface area contributed by atoms with Crippen LogP contribution in [0.25, 0.3) is 0 Å². The molecule has 1 N–H and O–H groups in total. The van der Waals surface area contributed by atoms with Gasteiger partial charge in [-0.25, -0.2) is 0 Å². The van der Waals surface area contributed by atoms with Crippen molar-refractivity contribution >= 4 is 29.1 Å². The summed E-state index contributed by atoms with van der Waals surface area (Å²) in [5.41, 5.74) is 2.25. The fourth-order valence-electron chi connectivity index (χ4n) is 3.52. The van der Waals surface area contributed by atoms with Crippen LogP contribution in [0, 0.1) is 0 Å². The van der Waals surface area contributed by atoms with Crippen LogP contribution in [-0.4, -0.2) is 55.0 Å². The SMILES string of the molecule is CC(NC(=O)CN1CCN(CCc2ccccc2)CC1)c1ccc(Cl)cc1Cl. The maximum Gasteiger partial charge on any atom is 0.234 e. The van der Waals surface area contributed by atoms with Gasteiger partial charge in [-0.15, -0.1) is 0 Å². The van der Waals surface area contributed by atoms with E-state index < -0.39 is 0 Å². The van der Waals surface area contributed by atoms with Crippen LogP contribution < -0.4 is 5.32 Å². The fourth-order valence-corrected chi connectivity index (χ4v) is 4.10. The maximum absolute atomic E-state index is 12.4. The molecule has 0 radical (unpaired) electrons. The van der Waals surface area contributed by atoms with Crippen LogP contribution in [0.3, 0.4) is 0 Å². The number of piperazine rings is 1. The molecule has 1 amide bonds. The Kier molecular flexibility index (Phi) is 7.74. The third-order valence-electron chi connectivity index (χ3n) is 5.20. The van der Waals surface area contributed by atoms with E-state index in [1.807, 2.05) is 13.0 Å². The van der Waals surface area contributed by atoms with E-state index in [4.69, 9.17) is 23.2 Å². The van der Waals surface area contributed by atoms with Gasteiger partial charge >= 0.3 is 0 Å². The van der Waals surface area contributed by atoms with Crippen molar-refractivity contribution in [2.45, 2.75) is 19.4 Å². The minimum absolute atomic E-state index is 0.0243. The molecule has 4 nitrogen and oxygen atoms in total. The Morgan fingerprint density at radius 1 is 1.04 bits per heavy atom. The molecule has 0 aromatic heterocycles. The van der Waals surface area contributed by atoms with Gasteiger partial charge in [-0.2, -0.15) is 0 Å². The van der Waals surface area contributed by atoms with Crippen LogP contribution in [0.1, 0.15) is 24.1 Å². The molecule has 2 aromatic rings. The van der Waals surface area contributed by atoms with Crippen molar-refractivity contribution < 1.29 is 4.79 Å². The van der Waals surface area contributed by atoms with Crippen LogP contribution in [-0.2, 0) is 11.2 Å². The second-order valence-corrected chi connectivity index (χ2v) is 8.15. The number of hydrogen-bond donors (Lipinski definition) is 1. The van der Waals surface area contributed by atoms with E-state index in [0.717, 1.165) is 44.7 Å². The summed E-state index contributed by atoms with van der Waals surface area (Å²) in [6.45, 7) is 7.25. The van der Waals surface area contributed by atoms with E-state index in [-0.39, 0.29) is 11.9 Å². The molecule has 28 heavy (non-hydrogen) atoms. The number of nitrogens with one attached hydrogen (secondary N) is 1. The van der Waals surface area contributed by atoms with Crippen molar-refractivity contribution in [3.05, 3.63) is 69.7 Å². The van der Waals surface area contributed by atoms with Crippen molar-refractivity contribution in [3.8, 4) is 0 Å². The summed E-state index contributed by atoms with van der Waals surface area (Å²) in [5, 5.41) is 4.21. The maximum atomic E-state index is 12.4. The Labute approximate surface area is 177 Å². The molecule has 1 unspecified atom stereocenters. The molecule has 1 fully saturated rings. The van der Waals surface area contributed by atoms with Crippen LogP contribution in [0.4, 0.5) is 0 Å². The molecule has 1 heterocycles. The Balaban J connectivity index is 1.39. The smallest absolute Gasteiger partial charge is 0.234 e. The molecule has 3 rings (SSSR count). The molecule has 6 heteroatoms. The molecule has 1 aliphatic rings. The monoisotopic (exact) mass is 419 g/mol. The molecular formula is C22H27Cl2N3O. The zero-order valence-corrected chi connectivity index (χ0v) is 17.7. The molecule has 2 aromatic carbocycles. The quantitative estimate of drug-likeness (QED) is 0.735. The van der Waals surface area contributed by atoms with Crippen molar-refractivity contribution in [1.29, 1.82) is 0 Å². The Hall–Kier alpha value is -1.59. The van der Waals surface area contributed by atoms with E-state index in [0.29, 0.717) is 16.6 Å². The van der Waals surface area contributed by atoms with Gasteiger partial charge in [0.1, 0.15) is 0 Å². The van der Waals surface area contributed by atoms with Crippen LogP contribution >= 0.6 is 23.2 Å². The standard InChI is InChI=1S/C22H27Cl2N3O/c1-17(20-8-7-19(23)15-21(20)24)25-22(28)16-27-13-11-26(12-14-27)10-9-18-5-3-2-4-6-18/h2-8,15,17H,9-14,16H2,1H3,(H,25,28). The molecule has 0 spiro atoms. The largest absolute Gasteiger partial charge is 0.348 e. The molecule has 1 aliphatic heterocycles. The number of rotatable bonds is 7. The van der Waals surface area contributed by atoms with E-state index >= 15 is 0 Å². The number of amides is 1. The number of nitrogens with zero attached hydrogens (tertiary/aromatic N) is 2. The third-order valence-corrected chi connectivity index (χ3v) is 5.76. The lowest BCUT2D eigenvalue weighted by Crippen LogP contribution is -2.50. The first kappa shape index (κ1) is 21.1. The lowest BCUT2D eigenvalue weighted by atomic mass is 10.1. The molecular weight excluding hydrogens is 393 g/mol. The minimum atomic E-state index is -0.149. The summed E-state index contributed by atoms with van der Waals surface area (Å²) in [5.74, 6) is 0.0243. The van der Waals surface area contributed by atoms with Gasteiger partial charge in [-0.3, -0.25) is 9.69 Å². The third kappa shape index (κ3) is 6.21. The number of carbonyl (C=O) groups is 1. The first-order chi connectivity index (χ1) is 13.5. The Morgan fingerprint density at radius 3 is 2.39 bits per heavy atom. The lowest BCUT2D eigenvalue weighted by molar-refractivity contribution is -0.123. The molecule has 0 saturated carbocycles. The zero-order valence-electron chi connectivity index (χ0n) is 16.2. The lowest BCUT2D eigenvalue weighted by Gasteiger charge is -2.34. The van der Waals surface area contributed by atoms with E-state index in [2.05, 4.69) is 45.4 Å². The average Bonchev–Trinajstić information content (AvgIpc) is 2.68. The van der Waals surface area contributed by atoms with Crippen LogP contribution in [0.5, 0.6) is 0 Å². The highest BCUT2D eigenvalue weighted by Crippen LogP contribution is 2.26. The first-order valence-electron chi connectivity index (χ1n) is 9.74. The second kappa shape index (κ2) is 10.3. The second-order valence-electron chi connectivity index (χ2n) is 7.31. The highest BCUT2D eigenvalue weighted by atomic mass is 35.5. The van der Waals surface area contributed by atoms with E-state index in [9.17, 15) is 4.79 Å². The van der Waals surface area contributed by atoms with Crippen LogP contribution in [0.15, 0.2) is 48.5 Å². The number of hydrogen-bond acceptors (Lipinski definition) is 3. The van der Waals surface area contributed by atoms with Crippen LogP contribution in [0.2, 0.25) is 10.0 Å². The number of halogens is 2. The van der Waals surface area contributed by atoms with Gasteiger partial charge < -0.3 is 10.2 Å². The molecule has 0 bridgehead atoms. The number of carbonyl (C=O) groups excluding carboxylic acids is 1. The predicted octanol–water partition coefficient (Wildman–Crippen LogP) is 4.03. The van der Waals surface area contributed by atoms with Gasteiger partial charge in [0.2, 0.25) is 5.91 Å². The van der Waals surface area contributed by atoms with Crippen molar-refractivity contribution in [2.75, 3.05) is 39.3 Å². The van der Waals surface area contributed by atoms with Gasteiger partial charge in [0.15, 0.2) is 0 Å². The normalized spacial score (nSPS) is 16.7. The van der Waals surface area contributed by atoms with Gasteiger partial charge in [-0.05, 0) is 36.6 Å². The molecule has 1 saturated heterocycles. The highest BCUT2D eigenvalue weighted by Gasteiger charge is 2.20. The number of benzene rings is 2. The predicted molar refractivity (Wildman–Crippen MR) is 116 cm³/mol. The molecule has 0 aliphatic carbocycles. The fraction of sp³-hybridized carbons (Fsp3) is 0.409. The van der Waals surface area contributed by atoms with Crippen molar-refractivity contribution in [3.63, 3.8) is 0 Å². The minimum Gasteiger partial charge on any atom is -0.348 e. The summed E-state index contributed by atoms with van der Waals surface area (Å²) < 4.78 is 0. The van der Waals surface area contributed by atoms with Crippen molar-refractivity contribution in [1.82, 2.24) is 15.1 Å². The summed E-state index contributed by atoms with van der Waals surface area (Å²) in [7, 11) is 0. The molecule has 150 valence electrons. The van der Waals surface area contributed by atoms with Gasteiger partial charge in [0.05, 0.1) is 12.6 Å². The van der Waals surface area contributed by atoms with Gasteiger partial charge in [-0.1, -0.05) is 59.6 Å². The average molecular weight is 420 g/mol. The van der Waals surface area contributed by atoms with Gasteiger partial charge in [0.25, 0.3) is 0 Å². The Bertz CT molecular complexity index is 777. The zero-order chi connectivity index (χ0) is 19.9. The highest BCUT2D eigenvalue weighted by molar-refractivity contribution is 6.35. The summed E-state index contributed by atoms with van der Waals surface area (Å²) >= 11 is 12.2. The topological polar surface area (TPSA) is 35.6 Å². The summed E-state index contributed by atoms with van der Waals surface area (Å²) in [6, 6.07) is 15.8. The molecule has 1 atom stereocenters. The Morgan fingerprint density at radius 2 is 1.71 bits per heavy atom. The van der Waals surface area contributed by atoms with Gasteiger partial charge in [0, 0.05) is 42.8 Å². The van der Waals surface area contributed by atoms with E-state index in [1.165, 1.54) is 5.56 Å². The first-order valence-corrected chi connectivity index (χ1v) is 10.5. The van der Waals surface area contributed by atoms with E-state index in [1.54, 1.807) is 12.1 Å². The van der Waals surface area contributed by atoms with Crippen molar-refractivity contribution in [2.24, 2.45) is 0 Å².